The predicted molar refractivity (Wildman–Crippen MR) is 86.5 cm³/mol. The second-order valence-electron chi connectivity index (χ2n) is 5.37. The second-order valence-corrected chi connectivity index (χ2v) is 5.37. The first-order valence-corrected chi connectivity index (χ1v) is 7.80. The highest BCUT2D eigenvalue weighted by Crippen LogP contribution is 2.28. The fraction of sp³-hybridized carbons (Fsp3) is 0.389. The van der Waals surface area contributed by atoms with Crippen LogP contribution >= 0.6 is 0 Å². The molecule has 2 rings (SSSR count). The number of carbonyl (C=O) groups is 1. The molecule has 0 saturated heterocycles. The monoisotopic (exact) mass is 334 g/mol. The molecule has 1 heterocycles. The molecule has 1 N–H and O–H groups in total. The summed E-state index contributed by atoms with van der Waals surface area (Å²) in [7, 11) is 0. The minimum Gasteiger partial charge on any atom is -0.462 e. The lowest BCUT2D eigenvalue weighted by Gasteiger charge is -2.19. The van der Waals surface area contributed by atoms with Gasteiger partial charge < -0.3 is 13.9 Å². The first kappa shape index (κ1) is 18.2. The van der Waals surface area contributed by atoms with Crippen molar-refractivity contribution >= 4 is 5.97 Å². The number of rotatable bonds is 8. The van der Waals surface area contributed by atoms with E-state index in [2.05, 4.69) is 4.89 Å². The summed E-state index contributed by atoms with van der Waals surface area (Å²) in [5.41, 5.74) is 1.31. The van der Waals surface area contributed by atoms with Crippen LogP contribution in [0.4, 0.5) is 0 Å². The maximum absolute atomic E-state index is 11.9. The summed E-state index contributed by atoms with van der Waals surface area (Å²) in [5, 5.41) is 9.23. The molecule has 0 unspecified atom stereocenters. The van der Waals surface area contributed by atoms with Gasteiger partial charge in [-0.3, -0.25) is 5.26 Å². The Bertz CT molecular complexity index is 649. The Morgan fingerprint density at radius 3 is 2.62 bits per heavy atom. The summed E-state index contributed by atoms with van der Waals surface area (Å²) >= 11 is 0. The van der Waals surface area contributed by atoms with Crippen molar-refractivity contribution in [2.45, 2.75) is 39.6 Å². The van der Waals surface area contributed by atoms with Crippen LogP contribution in [-0.2, 0) is 21.0 Å². The van der Waals surface area contributed by atoms with E-state index in [1.165, 1.54) is 6.07 Å². The largest absolute Gasteiger partial charge is 0.462 e. The van der Waals surface area contributed by atoms with Crippen LogP contribution in [0.1, 0.15) is 47.4 Å². The molecule has 6 nitrogen and oxygen atoms in total. The van der Waals surface area contributed by atoms with E-state index < -0.39 is 18.2 Å². The normalized spacial score (nSPS) is 13.5. The molecule has 1 aromatic heterocycles. The van der Waals surface area contributed by atoms with Gasteiger partial charge in [-0.05, 0) is 32.4 Å². The van der Waals surface area contributed by atoms with Crippen molar-refractivity contribution in [2.24, 2.45) is 0 Å². The molecule has 2 atom stereocenters. The number of ether oxygens (including phenoxy) is 2. The number of carbonyl (C=O) groups excluding carboxylic acids is 1. The van der Waals surface area contributed by atoms with Gasteiger partial charge >= 0.3 is 5.97 Å². The molecule has 0 amide bonds. The van der Waals surface area contributed by atoms with Crippen molar-refractivity contribution in [1.82, 2.24) is 0 Å². The standard InChI is InChI=1S/C18H22O6/c1-4-21-18(19)15-10-16(23-12(15)2)17(24-20)13(3)22-11-14-8-6-5-7-9-14/h5-10,13,17,20H,4,11H2,1-3H3/t13-,17+/m0/s1. The molecular weight excluding hydrogens is 312 g/mol. The fourth-order valence-corrected chi connectivity index (χ4v) is 2.32. The summed E-state index contributed by atoms with van der Waals surface area (Å²) in [4.78, 5) is 16.4. The number of furan rings is 1. The lowest BCUT2D eigenvalue weighted by molar-refractivity contribution is -0.307. The maximum Gasteiger partial charge on any atom is 0.341 e. The number of hydrogen-bond donors (Lipinski definition) is 1. The van der Waals surface area contributed by atoms with Gasteiger partial charge in [-0.15, -0.1) is 0 Å². The second kappa shape index (κ2) is 8.63. The Balaban J connectivity index is 2.07. The third-order valence-electron chi connectivity index (χ3n) is 3.61. The third kappa shape index (κ3) is 4.44. The van der Waals surface area contributed by atoms with E-state index in [0.29, 0.717) is 23.7 Å². The maximum atomic E-state index is 11.9. The highest BCUT2D eigenvalue weighted by Gasteiger charge is 2.28. The highest BCUT2D eigenvalue weighted by atomic mass is 17.1. The topological polar surface area (TPSA) is 78.1 Å². The molecule has 6 heteroatoms. The van der Waals surface area contributed by atoms with E-state index >= 15 is 0 Å². The van der Waals surface area contributed by atoms with Gasteiger partial charge in [0.15, 0.2) is 6.10 Å². The van der Waals surface area contributed by atoms with Gasteiger partial charge in [-0.2, -0.15) is 0 Å². The van der Waals surface area contributed by atoms with Crippen molar-refractivity contribution in [1.29, 1.82) is 0 Å². The zero-order chi connectivity index (χ0) is 17.5. The van der Waals surface area contributed by atoms with Gasteiger partial charge in [0.05, 0.1) is 19.3 Å². The van der Waals surface area contributed by atoms with E-state index in [9.17, 15) is 10.1 Å². The summed E-state index contributed by atoms with van der Waals surface area (Å²) in [5.74, 6) is 0.235. The predicted octanol–water partition coefficient (Wildman–Crippen LogP) is 3.90. The number of hydrogen-bond acceptors (Lipinski definition) is 6. The number of esters is 1. The van der Waals surface area contributed by atoms with Gasteiger partial charge in [-0.25, -0.2) is 9.68 Å². The molecule has 0 radical (unpaired) electrons. The molecule has 1 aromatic carbocycles. The van der Waals surface area contributed by atoms with E-state index in [-0.39, 0.29) is 6.61 Å². The van der Waals surface area contributed by atoms with Crippen LogP contribution in [0.3, 0.4) is 0 Å². The molecular formula is C18H22O6. The molecule has 2 aromatic rings. The number of benzene rings is 1. The summed E-state index contributed by atoms with van der Waals surface area (Å²) in [6, 6.07) is 11.2. The minimum atomic E-state index is -0.851. The van der Waals surface area contributed by atoms with Gasteiger partial charge in [0.2, 0.25) is 0 Å². The molecule has 0 fully saturated rings. The zero-order valence-electron chi connectivity index (χ0n) is 14.0. The number of aryl methyl sites for hydroxylation is 1. The Morgan fingerprint density at radius 2 is 2.00 bits per heavy atom. The SMILES string of the molecule is CCOC(=O)c1cc([C@H](OO)[C@H](C)OCc2ccccc2)oc1C. The van der Waals surface area contributed by atoms with Gasteiger partial charge in [0.1, 0.15) is 17.1 Å². The van der Waals surface area contributed by atoms with Gasteiger partial charge in [0, 0.05) is 0 Å². The molecule has 0 aliphatic rings. The Labute approximate surface area is 140 Å². The van der Waals surface area contributed by atoms with Crippen LogP contribution in [-0.4, -0.2) is 23.9 Å². The zero-order valence-corrected chi connectivity index (χ0v) is 14.0. The van der Waals surface area contributed by atoms with Crippen molar-refractivity contribution in [2.75, 3.05) is 6.61 Å². The van der Waals surface area contributed by atoms with Crippen molar-refractivity contribution < 1.29 is 28.8 Å². The van der Waals surface area contributed by atoms with Gasteiger partial charge in [0.25, 0.3) is 0 Å². The molecule has 0 bridgehead atoms. The average molecular weight is 334 g/mol. The smallest absolute Gasteiger partial charge is 0.341 e. The van der Waals surface area contributed by atoms with Gasteiger partial charge in [-0.1, -0.05) is 30.3 Å². The van der Waals surface area contributed by atoms with Crippen molar-refractivity contribution in [3.05, 3.63) is 59.0 Å². The van der Waals surface area contributed by atoms with Crippen molar-refractivity contribution in [3.63, 3.8) is 0 Å². The lowest BCUT2D eigenvalue weighted by Crippen LogP contribution is -2.20. The van der Waals surface area contributed by atoms with Crippen LogP contribution in [0, 0.1) is 6.92 Å². The first-order chi connectivity index (χ1) is 11.6. The van der Waals surface area contributed by atoms with E-state index in [4.69, 9.17) is 13.9 Å². The molecule has 0 aliphatic carbocycles. The average Bonchev–Trinajstić information content (AvgIpc) is 2.96. The van der Waals surface area contributed by atoms with E-state index in [1.54, 1.807) is 20.8 Å². The minimum absolute atomic E-state index is 0.273. The van der Waals surface area contributed by atoms with E-state index in [1.807, 2.05) is 30.3 Å². The Kier molecular flexibility index (Phi) is 6.54. The van der Waals surface area contributed by atoms with Crippen LogP contribution in [0.5, 0.6) is 0 Å². The van der Waals surface area contributed by atoms with Crippen LogP contribution in [0.2, 0.25) is 0 Å². The summed E-state index contributed by atoms with van der Waals surface area (Å²) in [6.07, 6.45) is -1.34. The van der Waals surface area contributed by atoms with Crippen LogP contribution < -0.4 is 0 Å². The highest BCUT2D eigenvalue weighted by molar-refractivity contribution is 5.90. The van der Waals surface area contributed by atoms with E-state index in [0.717, 1.165) is 5.56 Å². The quantitative estimate of drug-likeness (QED) is 0.448. The molecule has 130 valence electrons. The third-order valence-corrected chi connectivity index (χ3v) is 3.61. The summed E-state index contributed by atoms with van der Waals surface area (Å²) in [6.45, 7) is 5.78. The fourth-order valence-electron chi connectivity index (χ4n) is 2.32. The Morgan fingerprint density at radius 1 is 1.29 bits per heavy atom. The molecule has 24 heavy (non-hydrogen) atoms. The van der Waals surface area contributed by atoms with Crippen LogP contribution in [0.15, 0.2) is 40.8 Å². The van der Waals surface area contributed by atoms with Crippen molar-refractivity contribution in [3.8, 4) is 0 Å². The lowest BCUT2D eigenvalue weighted by atomic mass is 10.1. The Hall–Kier alpha value is -2.15. The molecule has 0 aliphatic heterocycles. The molecule has 0 spiro atoms. The molecule has 0 saturated carbocycles. The first-order valence-electron chi connectivity index (χ1n) is 7.80. The summed E-state index contributed by atoms with van der Waals surface area (Å²) < 4.78 is 16.2. The van der Waals surface area contributed by atoms with Crippen LogP contribution in [0.25, 0.3) is 0 Å².